The van der Waals surface area contributed by atoms with Crippen molar-refractivity contribution in [3.05, 3.63) is 28.7 Å². The lowest BCUT2D eigenvalue weighted by molar-refractivity contribution is 0.387. The van der Waals surface area contributed by atoms with E-state index in [0.717, 1.165) is 23.4 Å². The predicted molar refractivity (Wildman–Crippen MR) is 68.5 cm³/mol. The second-order valence-corrected chi connectivity index (χ2v) is 4.55. The second-order valence-electron chi connectivity index (χ2n) is 3.76. The highest BCUT2D eigenvalue weighted by Gasteiger charge is 2.22. The lowest BCUT2D eigenvalue weighted by Gasteiger charge is -2.12. The van der Waals surface area contributed by atoms with Gasteiger partial charge in [-0.3, -0.25) is 4.98 Å². The number of hydrogen-bond acceptors (Lipinski definition) is 7. The fraction of sp³-hybridized carbons (Fsp3) is 0.455. The average molecular weight is 265 g/mol. The van der Waals surface area contributed by atoms with Gasteiger partial charge in [0.05, 0.1) is 23.7 Å². The van der Waals surface area contributed by atoms with Crippen LogP contribution in [0.4, 0.5) is 0 Å². The van der Waals surface area contributed by atoms with Crippen molar-refractivity contribution >= 4 is 11.5 Å². The lowest BCUT2D eigenvalue weighted by Crippen LogP contribution is -2.15. The minimum absolute atomic E-state index is 0.393. The molecule has 1 atom stereocenters. The van der Waals surface area contributed by atoms with E-state index in [2.05, 4.69) is 26.5 Å². The summed E-state index contributed by atoms with van der Waals surface area (Å²) >= 11 is 1.30. The highest BCUT2D eigenvalue weighted by molar-refractivity contribution is 7.05. The molecule has 2 rings (SSSR count). The predicted octanol–water partition coefficient (Wildman–Crippen LogP) is 1.34. The molecule has 0 aliphatic heterocycles. The minimum Gasteiger partial charge on any atom is -0.480 e. The molecular formula is C11H15N5OS. The topological polar surface area (TPSA) is 86.8 Å². The monoisotopic (exact) mass is 265 g/mol. The van der Waals surface area contributed by atoms with Gasteiger partial charge in [0.1, 0.15) is 5.69 Å². The molecule has 7 heteroatoms. The van der Waals surface area contributed by atoms with Crippen LogP contribution in [0.5, 0.6) is 5.88 Å². The van der Waals surface area contributed by atoms with E-state index >= 15 is 0 Å². The number of rotatable bonds is 5. The highest BCUT2D eigenvalue weighted by Crippen LogP contribution is 2.28. The Morgan fingerprint density at radius 1 is 1.39 bits per heavy atom. The maximum atomic E-state index is 6.22. The van der Waals surface area contributed by atoms with Crippen LogP contribution in [-0.4, -0.2) is 26.7 Å². The molecule has 2 heterocycles. The van der Waals surface area contributed by atoms with E-state index in [1.165, 1.54) is 11.5 Å². The first-order chi connectivity index (χ1) is 8.77. The van der Waals surface area contributed by atoms with Crippen LogP contribution in [0.1, 0.15) is 35.7 Å². The summed E-state index contributed by atoms with van der Waals surface area (Å²) in [5, 5.41) is 4.11. The van der Waals surface area contributed by atoms with Gasteiger partial charge in [0.25, 0.3) is 0 Å². The van der Waals surface area contributed by atoms with Gasteiger partial charge in [0, 0.05) is 12.4 Å². The fourth-order valence-corrected chi connectivity index (χ4v) is 2.39. The summed E-state index contributed by atoms with van der Waals surface area (Å²) in [6.07, 6.45) is 5.05. The van der Waals surface area contributed by atoms with Gasteiger partial charge in [-0.2, -0.15) is 0 Å². The molecule has 0 spiro atoms. The van der Waals surface area contributed by atoms with Gasteiger partial charge in [-0.05, 0) is 18.0 Å². The number of methoxy groups -OCH3 is 1. The van der Waals surface area contributed by atoms with E-state index in [9.17, 15) is 0 Å². The molecule has 0 amide bonds. The molecule has 0 bridgehead atoms. The zero-order valence-electron chi connectivity index (χ0n) is 10.3. The minimum atomic E-state index is -0.393. The first-order valence-electron chi connectivity index (χ1n) is 5.69. The van der Waals surface area contributed by atoms with Crippen LogP contribution in [-0.2, 0) is 6.42 Å². The number of hydrogen-bond donors (Lipinski definition) is 1. The van der Waals surface area contributed by atoms with E-state index < -0.39 is 6.04 Å². The van der Waals surface area contributed by atoms with Crippen molar-refractivity contribution in [2.45, 2.75) is 25.8 Å². The Balaban J connectivity index is 2.35. The summed E-state index contributed by atoms with van der Waals surface area (Å²) in [4.78, 5) is 9.27. The van der Waals surface area contributed by atoms with Crippen LogP contribution >= 0.6 is 11.5 Å². The molecule has 0 saturated carbocycles. The largest absolute Gasteiger partial charge is 0.480 e. The molecule has 2 aromatic heterocycles. The van der Waals surface area contributed by atoms with E-state index in [0.29, 0.717) is 11.6 Å². The molecule has 0 aromatic carbocycles. The molecule has 2 N–H and O–H groups in total. The number of aromatic nitrogens is 4. The Labute approximate surface area is 109 Å². The van der Waals surface area contributed by atoms with Crippen LogP contribution in [0.25, 0.3) is 0 Å². The van der Waals surface area contributed by atoms with Gasteiger partial charge in [0.15, 0.2) is 0 Å². The normalized spacial score (nSPS) is 12.4. The lowest BCUT2D eigenvalue weighted by atomic mass is 10.1. The van der Waals surface area contributed by atoms with Crippen molar-refractivity contribution in [2.75, 3.05) is 7.11 Å². The van der Waals surface area contributed by atoms with Crippen molar-refractivity contribution in [3.8, 4) is 5.88 Å². The summed E-state index contributed by atoms with van der Waals surface area (Å²) in [5.41, 5.74) is 7.76. The maximum Gasteiger partial charge on any atom is 0.237 e. The molecule has 6 nitrogen and oxygen atoms in total. The highest BCUT2D eigenvalue weighted by atomic mass is 32.1. The Bertz CT molecular complexity index is 516. The molecule has 18 heavy (non-hydrogen) atoms. The zero-order valence-corrected chi connectivity index (χ0v) is 11.1. The van der Waals surface area contributed by atoms with Crippen molar-refractivity contribution in [2.24, 2.45) is 5.73 Å². The fourth-order valence-electron chi connectivity index (χ4n) is 1.69. The average Bonchev–Trinajstić information content (AvgIpc) is 2.86. The summed E-state index contributed by atoms with van der Waals surface area (Å²) in [6, 6.07) is -0.393. The molecule has 0 fully saturated rings. The number of ether oxygens (including phenoxy) is 1. The van der Waals surface area contributed by atoms with Crippen LogP contribution in [0, 0.1) is 0 Å². The number of aryl methyl sites for hydroxylation is 1. The van der Waals surface area contributed by atoms with Crippen molar-refractivity contribution in [1.82, 2.24) is 19.6 Å². The van der Waals surface area contributed by atoms with Crippen LogP contribution < -0.4 is 10.5 Å². The van der Waals surface area contributed by atoms with Crippen molar-refractivity contribution < 1.29 is 4.74 Å². The van der Waals surface area contributed by atoms with Crippen LogP contribution in [0.2, 0.25) is 0 Å². The Morgan fingerprint density at radius 3 is 2.89 bits per heavy atom. The maximum absolute atomic E-state index is 6.22. The first kappa shape index (κ1) is 12.8. The van der Waals surface area contributed by atoms with Gasteiger partial charge in [-0.15, -0.1) is 5.10 Å². The quantitative estimate of drug-likeness (QED) is 0.877. The number of nitrogens with two attached hydrogens (primary N) is 1. The van der Waals surface area contributed by atoms with Gasteiger partial charge < -0.3 is 10.5 Å². The second kappa shape index (κ2) is 5.83. The third kappa shape index (κ3) is 2.46. The van der Waals surface area contributed by atoms with Gasteiger partial charge in [0.2, 0.25) is 5.88 Å². The summed E-state index contributed by atoms with van der Waals surface area (Å²) < 4.78 is 9.14. The molecule has 2 aromatic rings. The van der Waals surface area contributed by atoms with Crippen LogP contribution in [0.15, 0.2) is 12.4 Å². The smallest absolute Gasteiger partial charge is 0.237 e. The first-order valence-corrected chi connectivity index (χ1v) is 6.46. The molecule has 0 saturated heterocycles. The van der Waals surface area contributed by atoms with E-state index in [1.807, 2.05) is 0 Å². The molecular weight excluding hydrogens is 250 g/mol. The summed E-state index contributed by atoms with van der Waals surface area (Å²) in [7, 11) is 1.55. The Hall–Kier alpha value is -1.60. The van der Waals surface area contributed by atoms with Crippen molar-refractivity contribution in [1.29, 1.82) is 0 Å². The van der Waals surface area contributed by atoms with Crippen LogP contribution in [0.3, 0.4) is 0 Å². The standard InChI is InChI=1S/C11H15N5OS/c1-3-4-7-10(18-16-15-7)8(12)9-11(17-2)14-6-5-13-9/h5-6,8H,3-4,12H2,1-2H3. The molecule has 0 aliphatic carbocycles. The molecule has 0 radical (unpaired) electrons. The Morgan fingerprint density at radius 2 is 2.17 bits per heavy atom. The zero-order chi connectivity index (χ0) is 13.0. The van der Waals surface area contributed by atoms with Gasteiger partial charge in [-0.1, -0.05) is 17.8 Å². The van der Waals surface area contributed by atoms with Gasteiger partial charge in [-0.25, -0.2) is 4.98 Å². The molecule has 0 aliphatic rings. The third-order valence-electron chi connectivity index (χ3n) is 2.53. The van der Waals surface area contributed by atoms with E-state index in [4.69, 9.17) is 10.5 Å². The van der Waals surface area contributed by atoms with Gasteiger partial charge >= 0.3 is 0 Å². The van der Waals surface area contributed by atoms with Crippen molar-refractivity contribution in [3.63, 3.8) is 0 Å². The number of nitrogens with zero attached hydrogens (tertiary/aromatic N) is 4. The molecule has 96 valence electrons. The Kier molecular flexibility index (Phi) is 4.16. The summed E-state index contributed by atoms with van der Waals surface area (Å²) in [6.45, 7) is 2.09. The van der Waals surface area contributed by atoms with E-state index in [-0.39, 0.29) is 0 Å². The molecule has 1 unspecified atom stereocenters. The SMILES string of the molecule is CCCc1nnsc1C(N)c1nccnc1OC. The third-order valence-corrected chi connectivity index (χ3v) is 3.38. The summed E-state index contributed by atoms with van der Waals surface area (Å²) in [5.74, 6) is 0.445. The van der Waals surface area contributed by atoms with E-state index in [1.54, 1.807) is 19.5 Å².